The lowest BCUT2D eigenvalue weighted by atomic mass is 10.1. The molecule has 0 aliphatic heterocycles. The summed E-state index contributed by atoms with van der Waals surface area (Å²) in [6, 6.07) is 11.6. The molecule has 99 valence electrons. The number of hydrogen-bond donors (Lipinski definition) is 0. The Bertz CT molecular complexity index is 719. The van der Waals surface area contributed by atoms with Gasteiger partial charge in [-0.15, -0.1) is 0 Å². The number of benzene rings is 1. The number of aryl methyl sites for hydroxylation is 1. The summed E-state index contributed by atoms with van der Waals surface area (Å²) in [5.41, 5.74) is 2.90. The average molecular weight is 264 g/mol. The second-order valence-electron chi connectivity index (χ2n) is 4.51. The lowest BCUT2D eigenvalue weighted by Crippen LogP contribution is -1.77. The Morgan fingerprint density at radius 3 is 2.60 bits per heavy atom. The zero-order valence-electron chi connectivity index (χ0n) is 11.2. The molecule has 0 unspecified atom stereocenters. The second-order valence-corrected chi connectivity index (χ2v) is 4.51. The Morgan fingerprint density at radius 2 is 1.90 bits per heavy atom. The SMILES string of the molecule is [CH2]c1ccc(/C=C/c2nc(-c3ccco3)oc2C)cc1. The third-order valence-electron chi connectivity index (χ3n) is 2.98. The summed E-state index contributed by atoms with van der Waals surface area (Å²) in [6.07, 6.45) is 5.53. The van der Waals surface area contributed by atoms with E-state index in [0.29, 0.717) is 11.7 Å². The maximum absolute atomic E-state index is 5.60. The molecule has 0 atom stereocenters. The molecule has 3 heteroatoms. The standard InChI is InChI=1S/C17H14NO2/c1-12-5-7-14(8-6-12)9-10-15-13(2)20-17(18-15)16-4-3-11-19-16/h3-11H,1H2,2H3/b10-9+. The van der Waals surface area contributed by atoms with Crippen molar-refractivity contribution in [2.75, 3.05) is 0 Å². The molecule has 0 saturated carbocycles. The smallest absolute Gasteiger partial charge is 0.263 e. The van der Waals surface area contributed by atoms with E-state index in [-0.39, 0.29) is 0 Å². The highest BCUT2D eigenvalue weighted by Crippen LogP contribution is 2.23. The van der Waals surface area contributed by atoms with Gasteiger partial charge in [0.05, 0.1) is 6.26 Å². The zero-order valence-corrected chi connectivity index (χ0v) is 11.2. The average Bonchev–Trinajstić information content (AvgIpc) is 3.08. The monoisotopic (exact) mass is 264 g/mol. The molecule has 0 bridgehead atoms. The van der Waals surface area contributed by atoms with Gasteiger partial charge in [-0.2, -0.15) is 0 Å². The Kier molecular flexibility index (Phi) is 3.25. The topological polar surface area (TPSA) is 39.2 Å². The number of hydrogen-bond acceptors (Lipinski definition) is 3. The van der Waals surface area contributed by atoms with Crippen LogP contribution in [0.3, 0.4) is 0 Å². The van der Waals surface area contributed by atoms with Gasteiger partial charge in [-0.25, -0.2) is 4.98 Å². The van der Waals surface area contributed by atoms with E-state index in [0.717, 1.165) is 22.6 Å². The maximum Gasteiger partial charge on any atom is 0.263 e. The summed E-state index contributed by atoms with van der Waals surface area (Å²) in [4.78, 5) is 4.43. The van der Waals surface area contributed by atoms with Crippen molar-refractivity contribution in [1.29, 1.82) is 0 Å². The van der Waals surface area contributed by atoms with Crippen molar-refractivity contribution in [2.45, 2.75) is 6.92 Å². The van der Waals surface area contributed by atoms with Crippen LogP contribution in [0.5, 0.6) is 0 Å². The number of nitrogens with zero attached hydrogens (tertiary/aromatic N) is 1. The number of oxazole rings is 1. The van der Waals surface area contributed by atoms with Crippen LogP contribution in [0.2, 0.25) is 0 Å². The Hall–Kier alpha value is -2.55. The van der Waals surface area contributed by atoms with E-state index in [1.165, 1.54) is 0 Å². The lowest BCUT2D eigenvalue weighted by molar-refractivity contribution is 0.500. The summed E-state index contributed by atoms with van der Waals surface area (Å²) in [5.74, 6) is 1.90. The molecule has 3 nitrogen and oxygen atoms in total. The van der Waals surface area contributed by atoms with Crippen LogP contribution < -0.4 is 0 Å². The van der Waals surface area contributed by atoms with Crippen LogP contribution >= 0.6 is 0 Å². The van der Waals surface area contributed by atoms with Crippen molar-refractivity contribution in [3.05, 3.63) is 72.2 Å². The molecule has 0 aliphatic rings. The summed E-state index contributed by atoms with van der Waals surface area (Å²) >= 11 is 0. The fourth-order valence-corrected chi connectivity index (χ4v) is 1.87. The van der Waals surface area contributed by atoms with E-state index in [2.05, 4.69) is 11.9 Å². The molecule has 3 aromatic rings. The minimum atomic E-state index is 0.500. The van der Waals surface area contributed by atoms with Gasteiger partial charge >= 0.3 is 0 Å². The maximum atomic E-state index is 5.60. The normalized spacial score (nSPS) is 11.3. The summed E-state index contributed by atoms with van der Waals surface area (Å²) in [7, 11) is 0. The van der Waals surface area contributed by atoms with Crippen LogP contribution in [0.15, 0.2) is 51.5 Å². The van der Waals surface area contributed by atoms with Gasteiger partial charge in [0.15, 0.2) is 5.76 Å². The van der Waals surface area contributed by atoms with E-state index in [1.54, 1.807) is 6.26 Å². The molecule has 0 N–H and O–H groups in total. The van der Waals surface area contributed by atoms with Gasteiger partial charge in [0, 0.05) is 0 Å². The molecular formula is C17H14NO2. The van der Waals surface area contributed by atoms with Crippen LogP contribution in [0.4, 0.5) is 0 Å². The van der Waals surface area contributed by atoms with Crippen molar-refractivity contribution in [2.24, 2.45) is 0 Å². The van der Waals surface area contributed by atoms with Gasteiger partial charge in [-0.3, -0.25) is 0 Å². The van der Waals surface area contributed by atoms with Crippen LogP contribution in [0, 0.1) is 13.8 Å². The molecule has 3 rings (SSSR count). The van der Waals surface area contributed by atoms with Crippen molar-refractivity contribution in [1.82, 2.24) is 4.98 Å². The molecule has 1 radical (unpaired) electrons. The van der Waals surface area contributed by atoms with Crippen molar-refractivity contribution < 1.29 is 8.83 Å². The third-order valence-corrected chi connectivity index (χ3v) is 2.98. The molecule has 2 aromatic heterocycles. The van der Waals surface area contributed by atoms with Gasteiger partial charge in [0.1, 0.15) is 11.5 Å². The zero-order chi connectivity index (χ0) is 13.9. The first-order valence-electron chi connectivity index (χ1n) is 6.34. The van der Waals surface area contributed by atoms with Crippen LogP contribution in [0.25, 0.3) is 23.8 Å². The van der Waals surface area contributed by atoms with Gasteiger partial charge in [0.2, 0.25) is 0 Å². The predicted molar refractivity (Wildman–Crippen MR) is 78.8 cm³/mol. The molecular weight excluding hydrogens is 250 g/mol. The number of rotatable bonds is 3. The first-order valence-corrected chi connectivity index (χ1v) is 6.34. The fourth-order valence-electron chi connectivity index (χ4n) is 1.87. The molecule has 0 amide bonds. The Labute approximate surface area is 117 Å². The summed E-state index contributed by atoms with van der Waals surface area (Å²) in [5, 5.41) is 0. The molecule has 0 aliphatic carbocycles. The Balaban J connectivity index is 1.86. The highest BCUT2D eigenvalue weighted by Gasteiger charge is 2.11. The second kappa shape index (κ2) is 5.21. The predicted octanol–water partition coefficient (Wildman–Crippen LogP) is 4.60. The van der Waals surface area contributed by atoms with Gasteiger partial charge in [0.25, 0.3) is 5.89 Å². The highest BCUT2D eigenvalue weighted by molar-refractivity contribution is 5.69. The first kappa shape index (κ1) is 12.5. The van der Waals surface area contributed by atoms with Crippen LogP contribution in [-0.2, 0) is 0 Å². The molecule has 20 heavy (non-hydrogen) atoms. The van der Waals surface area contributed by atoms with Crippen molar-refractivity contribution in [3.8, 4) is 11.7 Å². The van der Waals surface area contributed by atoms with E-state index < -0.39 is 0 Å². The Morgan fingerprint density at radius 1 is 1.10 bits per heavy atom. The third kappa shape index (κ3) is 2.57. The fraction of sp³-hybridized carbons (Fsp3) is 0.0588. The number of furan rings is 1. The summed E-state index contributed by atoms with van der Waals surface area (Å²) in [6.45, 7) is 5.75. The first-order chi connectivity index (χ1) is 9.72. The van der Waals surface area contributed by atoms with E-state index in [4.69, 9.17) is 8.83 Å². The van der Waals surface area contributed by atoms with E-state index in [9.17, 15) is 0 Å². The van der Waals surface area contributed by atoms with Crippen molar-refractivity contribution in [3.63, 3.8) is 0 Å². The van der Waals surface area contributed by atoms with Gasteiger partial charge in [-0.1, -0.05) is 30.3 Å². The molecule has 2 heterocycles. The minimum Gasteiger partial charge on any atom is -0.459 e. The molecule has 1 aromatic carbocycles. The van der Waals surface area contributed by atoms with E-state index in [1.807, 2.05) is 55.5 Å². The molecule has 0 saturated heterocycles. The molecule has 0 spiro atoms. The highest BCUT2D eigenvalue weighted by atomic mass is 16.4. The van der Waals surface area contributed by atoms with Crippen LogP contribution in [0.1, 0.15) is 22.6 Å². The lowest BCUT2D eigenvalue weighted by Gasteiger charge is -1.93. The largest absolute Gasteiger partial charge is 0.459 e. The van der Waals surface area contributed by atoms with Gasteiger partial charge in [-0.05, 0) is 43.2 Å². The van der Waals surface area contributed by atoms with Gasteiger partial charge < -0.3 is 8.83 Å². The quantitative estimate of drug-likeness (QED) is 0.694. The van der Waals surface area contributed by atoms with Crippen molar-refractivity contribution >= 4 is 12.2 Å². The van der Waals surface area contributed by atoms with Crippen LogP contribution in [-0.4, -0.2) is 4.98 Å². The molecule has 0 fully saturated rings. The summed E-state index contributed by atoms with van der Waals surface area (Å²) < 4.78 is 10.9. The van der Waals surface area contributed by atoms with E-state index >= 15 is 0 Å². The minimum absolute atomic E-state index is 0.500. The number of aromatic nitrogens is 1.